The highest BCUT2D eigenvalue weighted by Gasteiger charge is 2.26. The molecule has 2 rings (SSSR count). The van der Waals surface area contributed by atoms with Crippen LogP contribution in [0.3, 0.4) is 0 Å². The van der Waals surface area contributed by atoms with Crippen molar-refractivity contribution in [3.63, 3.8) is 0 Å². The Morgan fingerprint density at radius 1 is 1.29 bits per heavy atom. The molecule has 0 unspecified atom stereocenters. The lowest BCUT2D eigenvalue weighted by Crippen LogP contribution is -2.37. The lowest BCUT2D eigenvalue weighted by molar-refractivity contribution is -0.146. The largest absolute Gasteiger partial charge is 0.490 e. The van der Waals surface area contributed by atoms with Gasteiger partial charge in [-0.25, -0.2) is 9.59 Å². The quantitative estimate of drug-likeness (QED) is 0.463. The highest BCUT2D eigenvalue weighted by molar-refractivity contribution is 5.97. The Balaban J connectivity index is 1.78. The van der Waals surface area contributed by atoms with E-state index in [4.69, 9.17) is 9.47 Å². The number of hydrogen-bond donors (Lipinski definition) is 1. The van der Waals surface area contributed by atoms with Crippen molar-refractivity contribution in [1.29, 1.82) is 0 Å². The first-order valence-corrected chi connectivity index (χ1v) is 7.37. The van der Waals surface area contributed by atoms with E-state index in [1.165, 1.54) is 6.08 Å². The van der Waals surface area contributed by atoms with Gasteiger partial charge in [0.15, 0.2) is 6.61 Å². The zero-order valence-corrected chi connectivity index (χ0v) is 13.1. The minimum atomic E-state index is -0.657. The summed E-state index contributed by atoms with van der Waals surface area (Å²) in [6.07, 6.45) is 4.43. The second-order valence-corrected chi connectivity index (χ2v) is 4.89. The molecule has 24 heavy (non-hydrogen) atoms. The minimum absolute atomic E-state index is 0.283. The third-order valence-electron chi connectivity index (χ3n) is 3.16. The molecular formula is C17H18N2O5. The molecule has 1 heterocycles. The molecule has 1 saturated heterocycles. The van der Waals surface area contributed by atoms with Crippen LogP contribution < -0.4 is 10.1 Å². The molecular weight excluding hydrogens is 312 g/mol. The Morgan fingerprint density at radius 2 is 2.04 bits per heavy atom. The van der Waals surface area contributed by atoms with Crippen molar-refractivity contribution in [2.75, 3.05) is 26.3 Å². The number of nitrogens with one attached hydrogen (secondary N) is 1. The molecule has 1 fully saturated rings. The topological polar surface area (TPSA) is 84.9 Å². The van der Waals surface area contributed by atoms with E-state index in [1.54, 1.807) is 36.4 Å². The normalized spacial score (nSPS) is 13.7. The number of carbonyl (C=O) groups excluding carboxylic acids is 3. The fraction of sp³-hybridized carbons (Fsp3) is 0.235. The number of amides is 3. The number of rotatable bonds is 7. The molecule has 1 aromatic rings. The van der Waals surface area contributed by atoms with Crippen LogP contribution >= 0.6 is 0 Å². The van der Waals surface area contributed by atoms with Crippen molar-refractivity contribution in [2.24, 2.45) is 0 Å². The van der Waals surface area contributed by atoms with Crippen LogP contribution in [-0.4, -0.2) is 49.1 Å². The van der Waals surface area contributed by atoms with Gasteiger partial charge in [0.05, 0.1) is 0 Å². The number of ether oxygens (including phenoxy) is 2. The summed E-state index contributed by atoms with van der Waals surface area (Å²) >= 11 is 0. The molecule has 1 aliphatic rings. The number of imide groups is 1. The molecule has 7 heteroatoms. The summed E-state index contributed by atoms with van der Waals surface area (Å²) < 4.78 is 10.2. The Hall–Kier alpha value is -3.09. The average molecular weight is 330 g/mol. The summed E-state index contributed by atoms with van der Waals surface area (Å²) in [6, 6.07) is 6.63. The molecule has 0 saturated carbocycles. The van der Waals surface area contributed by atoms with Crippen molar-refractivity contribution < 1.29 is 23.9 Å². The zero-order chi connectivity index (χ0) is 17.4. The van der Waals surface area contributed by atoms with Gasteiger partial charge in [-0.05, 0) is 23.8 Å². The summed E-state index contributed by atoms with van der Waals surface area (Å²) in [5.41, 5.74) is 0.781. The molecule has 0 aliphatic carbocycles. The number of benzene rings is 1. The monoisotopic (exact) mass is 330 g/mol. The van der Waals surface area contributed by atoms with Gasteiger partial charge in [0.25, 0.3) is 5.91 Å². The van der Waals surface area contributed by atoms with Crippen LogP contribution in [0.4, 0.5) is 4.79 Å². The molecule has 0 atom stereocenters. The van der Waals surface area contributed by atoms with E-state index in [0.717, 1.165) is 10.5 Å². The maximum Gasteiger partial charge on any atom is 0.331 e. The van der Waals surface area contributed by atoms with E-state index in [1.807, 2.05) is 0 Å². The third-order valence-corrected chi connectivity index (χ3v) is 3.16. The maximum atomic E-state index is 11.7. The van der Waals surface area contributed by atoms with Crippen LogP contribution in [0.15, 0.2) is 43.0 Å². The van der Waals surface area contributed by atoms with E-state index < -0.39 is 24.5 Å². The van der Waals surface area contributed by atoms with Crippen LogP contribution in [0.25, 0.3) is 6.08 Å². The summed E-state index contributed by atoms with van der Waals surface area (Å²) in [4.78, 5) is 35.6. The molecule has 7 nitrogen and oxygen atoms in total. The smallest absolute Gasteiger partial charge is 0.331 e. The van der Waals surface area contributed by atoms with Crippen molar-refractivity contribution in [3.8, 4) is 5.75 Å². The molecule has 3 amide bonds. The van der Waals surface area contributed by atoms with Crippen molar-refractivity contribution in [3.05, 3.63) is 48.6 Å². The number of esters is 1. The Morgan fingerprint density at radius 3 is 2.67 bits per heavy atom. The fourth-order valence-electron chi connectivity index (χ4n) is 1.96. The summed E-state index contributed by atoms with van der Waals surface area (Å²) in [5, 5.41) is 2.50. The molecule has 1 aromatic carbocycles. The van der Waals surface area contributed by atoms with Crippen molar-refractivity contribution in [1.82, 2.24) is 10.2 Å². The van der Waals surface area contributed by atoms with E-state index >= 15 is 0 Å². The standard InChI is InChI=1S/C17H18N2O5/c1-2-11-23-14-6-3-13(4-7-14)5-8-16(21)24-12-15(20)19-10-9-18-17(19)22/h2-8H,1,9-12H2,(H,18,22)/b8-5+. The second-order valence-electron chi connectivity index (χ2n) is 4.89. The van der Waals surface area contributed by atoms with E-state index in [-0.39, 0.29) is 6.54 Å². The summed E-state index contributed by atoms with van der Waals surface area (Å²) in [7, 11) is 0. The van der Waals surface area contributed by atoms with Crippen LogP contribution in [0.2, 0.25) is 0 Å². The average Bonchev–Trinajstić information content (AvgIpc) is 3.03. The number of nitrogens with zero attached hydrogens (tertiary/aromatic N) is 1. The number of urea groups is 1. The van der Waals surface area contributed by atoms with Crippen LogP contribution in [-0.2, 0) is 14.3 Å². The highest BCUT2D eigenvalue weighted by atomic mass is 16.5. The van der Waals surface area contributed by atoms with Gasteiger partial charge < -0.3 is 14.8 Å². The Bertz CT molecular complexity index is 651. The maximum absolute atomic E-state index is 11.7. The number of carbonyl (C=O) groups is 3. The Kier molecular flexibility index (Phi) is 6.13. The van der Waals surface area contributed by atoms with Crippen LogP contribution in [0, 0.1) is 0 Å². The van der Waals surface area contributed by atoms with E-state index in [9.17, 15) is 14.4 Å². The zero-order valence-electron chi connectivity index (χ0n) is 13.1. The fourth-order valence-corrected chi connectivity index (χ4v) is 1.96. The van der Waals surface area contributed by atoms with Gasteiger partial charge >= 0.3 is 12.0 Å². The highest BCUT2D eigenvalue weighted by Crippen LogP contribution is 2.13. The second kappa shape index (κ2) is 8.52. The van der Waals surface area contributed by atoms with E-state index in [0.29, 0.717) is 18.9 Å². The third kappa shape index (κ3) is 4.98. The van der Waals surface area contributed by atoms with Crippen molar-refractivity contribution >= 4 is 24.0 Å². The van der Waals surface area contributed by atoms with Crippen LogP contribution in [0.1, 0.15) is 5.56 Å². The molecule has 0 bridgehead atoms. The molecule has 1 N–H and O–H groups in total. The molecule has 0 aromatic heterocycles. The van der Waals surface area contributed by atoms with Gasteiger partial charge in [0.2, 0.25) is 0 Å². The summed E-state index contributed by atoms with van der Waals surface area (Å²) in [5.74, 6) is -0.505. The Labute approximate surface area is 139 Å². The molecule has 0 radical (unpaired) electrons. The lowest BCUT2D eigenvalue weighted by atomic mass is 10.2. The predicted molar refractivity (Wildman–Crippen MR) is 87.2 cm³/mol. The van der Waals surface area contributed by atoms with Gasteiger partial charge in [-0.1, -0.05) is 24.8 Å². The van der Waals surface area contributed by atoms with Crippen LogP contribution in [0.5, 0.6) is 5.75 Å². The summed E-state index contributed by atoms with van der Waals surface area (Å²) in [6.45, 7) is 4.21. The van der Waals surface area contributed by atoms with Gasteiger partial charge in [0.1, 0.15) is 12.4 Å². The van der Waals surface area contributed by atoms with Gasteiger partial charge in [-0.2, -0.15) is 0 Å². The SMILES string of the molecule is C=CCOc1ccc(/C=C/C(=O)OCC(=O)N2CCNC2=O)cc1. The van der Waals surface area contributed by atoms with Crippen molar-refractivity contribution in [2.45, 2.75) is 0 Å². The van der Waals surface area contributed by atoms with Gasteiger partial charge in [0, 0.05) is 19.2 Å². The lowest BCUT2D eigenvalue weighted by Gasteiger charge is -2.11. The number of hydrogen-bond acceptors (Lipinski definition) is 5. The first-order chi connectivity index (χ1) is 11.6. The predicted octanol–water partition coefficient (Wildman–Crippen LogP) is 1.36. The minimum Gasteiger partial charge on any atom is -0.490 e. The molecule has 1 aliphatic heterocycles. The van der Waals surface area contributed by atoms with Gasteiger partial charge in [-0.15, -0.1) is 0 Å². The van der Waals surface area contributed by atoms with Gasteiger partial charge in [-0.3, -0.25) is 9.69 Å². The first kappa shape index (κ1) is 17.3. The molecule has 0 spiro atoms. The van der Waals surface area contributed by atoms with E-state index in [2.05, 4.69) is 11.9 Å². The molecule has 126 valence electrons. The first-order valence-electron chi connectivity index (χ1n) is 7.37.